The van der Waals surface area contributed by atoms with Crippen LogP contribution in [0, 0.1) is 0 Å². The maximum Gasteiger partial charge on any atom is 0.0708 e. The highest BCUT2D eigenvalue weighted by atomic mass is 14.7. The molecular formula is C54H47N. The molecule has 7 aromatic rings. The van der Waals surface area contributed by atoms with Crippen molar-refractivity contribution in [1.29, 1.82) is 0 Å². The van der Waals surface area contributed by atoms with Gasteiger partial charge in [-0.25, -0.2) is 0 Å². The number of hydrogen-bond acceptors (Lipinski definition) is 1. The first kappa shape index (κ1) is 32.9. The Labute approximate surface area is 325 Å². The van der Waals surface area contributed by atoms with E-state index in [0.29, 0.717) is 0 Å². The number of para-hydroxylation sites is 1. The van der Waals surface area contributed by atoms with E-state index in [1.54, 1.807) is 5.56 Å². The van der Waals surface area contributed by atoms with Crippen molar-refractivity contribution >= 4 is 32.4 Å². The Morgan fingerprint density at radius 1 is 0.509 bits per heavy atom. The van der Waals surface area contributed by atoms with Crippen molar-refractivity contribution in [3.8, 4) is 33.4 Å². The molecule has 0 saturated heterocycles. The van der Waals surface area contributed by atoms with Crippen LogP contribution in [0.1, 0.15) is 86.5 Å². The topological polar surface area (TPSA) is 12.9 Å². The first-order valence-corrected chi connectivity index (χ1v) is 20.8. The highest BCUT2D eigenvalue weighted by molar-refractivity contribution is 6.27. The largest absolute Gasteiger partial charge is 0.256 e. The normalized spacial score (nSPS) is 19.5. The van der Waals surface area contributed by atoms with Crippen molar-refractivity contribution in [2.24, 2.45) is 0 Å². The van der Waals surface area contributed by atoms with E-state index in [2.05, 4.69) is 140 Å². The molecular weight excluding hydrogens is 663 g/mol. The van der Waals surface area contributed by atoms with Crippen LogP contribution in [0.2, 0.25) is 0 Å². The average Bonchev–Trinajstić information content (AvgIpc) is 3.53. The number of benzene rings is 6. The van der Waals surface area contributed by atoms with E-state index in [9.17, 15) is 0 Å². The van der Waals surface area contributed by atoms with E-state index in [4.69, 9.17) is 11.6 Å². The summed E-state index contributed by atoms with van der Waals surface area (Å²) in [6.45, 7) is 4.76. The number of allylic oxidation sites excluding steroid dienone is 5. The molecule has 4 aliphatic carbocycles. The number of aromatic nitrogens is 1. The molecule has 2 saturated carbocycles. The lowest BCUT2D eigenvalue weighted by Gasteiger charge is -2.40. The Kier molecular flexibility index (Phi) is 7.63. The third kappa shape index (κ3) is 4.88. The Hall–Kier alpha value is -5.53. The van der Waals surface area contributed by atoms with E-state index in [1.165, 1.54) is 134 Å². The van der Waals surface area contributed by atoms with Crippen LogP contribution in [0.5, 0.6) is 0 Å². The molecule has 0 N–H and O–H groups in total. The zero-order valence-corrected chi connectivity index (χ0v) is 31.7. The molecule has 6 aromatic carbocycles. The molecule has 2 fully saturated rings. The van der Waals surface area contributed by atoms with Gasteiger partial charge in [-0.2, -0.15) is 0 Å². The first-order valence-electron chi connectivity index (χ1n) is 20.8. The summed E-state index contributed by atoms with van der Waals surface area (Å²) < 4.78 is 0. The summed E-state index contributed by atoms with van der Waals surface area (Å²) in [7, 11) is 0. The fraction of sp³-hybridized carbons (Fsp3) is 0.241. The van der Waals surface area contributed by atoms with Gasteiger partial charge in [-0.1, -0.05) is 160 Å². The summed E-state index contributed by atoms with van der Waals surface area (Å²) >= 11 is 0. The number of hydrogen-bond donors (Lipinski definition) is 0. The lowest BCUT2D eigenvalue weighted by atomic mass is 9.63. The van der Waals surface area contributed by atoms with E-state index in [-0.39, 0.29) is 10.8 Å². The van der Waals surface area contributed by atoms with Crippen molar-refractivity contribution in [3.05, 3.63) is 174 Å². The summed E-state index contributed by atoms with van der Waals surface area (Å²) in [6, 6.07) is 42.1. The molecule has 0 bridgehead atoms. The van der Waals surface area contributed by atoms with Gasteiger partial charge in [0, 0.05) is 33.2 Å². The van der Waals surface area contributed by atoms with E-state index in [1.807, 2.05) is 0 Å². The minimum Gasteiger partial charge on any atom is -0.256 e. The van der Waals surface area contributed by atoms with Crippen molar-refractivity contribution < 1.29 is 0 Å². The van der Waals surface area contributed by atoms with Crippen LogP contribution in [-0.2, 0) is 17.3 Å². The van der Waals surface area contributed by atoms with Gasteiger partial charge in [0.25, 0.3) is 0 Å². The number of nitrogens with zero attached hydrogens (tertiary/aromatic N) is 1. The Morgan fingerprint density at radius 2 is 1.15 bits per heavy atom. The predicted molar refractivity (Wildman–Crippen MR) is 233 cm³/mol. The summed E-state index contributed by atoms with van der Waals surface area (Å²) in [5.74, 6) is 0. The molecule has 11 rings (SSSR count). The van der Waals surface area contributed by atoms with E-state index < -0.39 is 0 Å². The van der Waals surface area contributed by atoms with Gasteiger partial charge in [0.15, 0.2) is 0 Å². The second-order valence-electron chi connectivity index (χ2n) is 16.8. The van der Waals surface area contributed by atoms with Crippen LogP contribution in [0.25, 0.3) is 65.8 Å². The summed E-state index contributed by atoms with van der Waals surface area (Å²) in [6.07, 6.45) is 24.6. The van der Waals surface area contributed by atoms with Gasteiger partial charge in [0.05, 0.1) is 5.52 Å². The molecule has 268 valence electrons. The van der Waals surface area contributed by atoms with Crippen LogP contribution >= 0.6 is 0 Å². The molecule has 1 heteroatoms. The molecule has 55 heavy (non-hydrogen) atoms. The number of rotatable bonds is 2. The molecule has 0 atom stereocenters. The van der Waals surface area contributed by atoms with Gasteiger partial charge in [-0.3, -0.25) is 4.98 Å². The van der Waals surface area contributed by atoms with Crippen LogP contribution in [0.4, 0.5) is 0 Å². The third-order valence-electron chi connectivity index (χ3n) is 14.1. The zero-order chi connectivity index (χ0) is 36.6. The van der Waals surface area contributed by atoms with Gasteiger partial charge in [-0.05, 0) is 122 Å². The molecule has 1 nitrogen and oxygen atoms in total. The second-order valence-corrected chi connectivity index (χ2v) is 16.8. The average molecular weight is 710 g/mol. The fourth-order valence-electron chi connectivity index (χ4n) is 11.6. The predicted octanol–water partition coefficient (Wildman–Crippen LogP) is 14.5. The molecule has 0 radical (unpaired) electrons. The Bertz CT molecular complexity index is 2760. The molecule has 1 aromatic heterocycles. The highest BCUT2D eigenvalue weighted by Gasteiger charge is 2.44. The Balaban J connectivity index is 1.21. The van der Waals surface area contributed by atoms with E-state index >= 15 is 0 Å². The second kappa shape index (κ2) is 12.8. The van der Waals surface area contributed by atoms with Gasteiger partial charge < -0.3 is 0 Å². The smallest absolute Gasteiger partial charge is 0.0708 e. The van der Waals surface area contributed by atoms with Crippen molar-refractivity contribution in [2.45, 2.75) is 81.5 Å². The van der Waals surface area contributed by atoms with E-state index in [0.717, 1.165) is 24.8 Å². The highest BCUT2D eigenvalue weighted by Crippen LogP contribution is 2.57. The molecule has 2 spiro atoms. The summed E-state index contributed by atoms with van der Waals surface area (Å²) in [5, 5.41) is 6.34. The minimum absolute atomic E-state index is 0.0433. The maximum atomic E-state index is 5.18. The van der Waals surface area contributed by atoms with Gasteiger partial charge in [-0.15, -0.1) is 0 Å². The van der Waals surface area contributed by atoms with Crippen LogP contribution in [0.3, 0.4) is 0 Å². The van der Waals surface area contributed by atoms with Crippen molar-refractivity contribution in [2.75, 3.05) is 0 Å². The lowest BCUT2D eigenvalue weighted by molar-refractivity contribution is 0.344. The van der Waals surface area contributed by atoms with Crippen molar-refractivity contribution in [1.82, 2.24) is 4.98 Å². The molecule has 0 unspecified atom stereocenters. The fourth-order valence-corrected chi connectivity index (χ4v) is 11.6. The molecule has 1 heterocycles. The lowest BCUT2D eigenvalue weighted by Crippen LogP contribution is -2.31. The van der Waals surface area contributed by atoms with Crippen LogP contribution in [-0.4, -0.2) is 4.98 Å². The monoisotopic (exact) mass is 709 g/mol. The van der Waals surface area contributed by atoms with Gasteiger partial charge >= 0.3 is 0 Å². The van der Waals surface area contributed by atoms with Gasteiger partial charge in [0.1, 0.15) is 0 Å². The number of pyridine rings is 1. The molecule has 4 aliphatic rings. The SMILES string of the molecule is C=C1/C=C\C=C/Cc2ccc(-c3c4ccccc4c(-c4ccc5c(c4)C4(CCCCC4)c4ccccc4-5)c4cnc5ccccc5c34)cc2C12CCCCC2. The zero-order valence-electron chi connectivity index (χ0n) is 31.7. The van der Waals surface area contributed by atoms with Crippen LogP contribution in [0.15, 0.2) is 152 Å². The maximum absolute atomic E-state index is 5.18. The van der Waals surface area contributed by atoms with Crippen molar-refractivity contribution in [3.63, 3.8) is 0 Å². The Morgan fingerprint density at radius 3 is 1.96 bits per heavy atom. The summed E-state index contributed by atoms with van der Waals surface area (Å²) in [5.41, 5.74) is 16.4. The molecule has 0 aliphatic heterocycles. The quantitative estimate of drug-likeness (QED) is 0.129. The summed E-state index contributed by atoms with van der Waals surface area (Å²) in [4.78, 5) is 5.18. The molecule has 0 amide bonds. The minimum atomic E-state index is -0.0433. The van der Waals surface area contributed by atoms with Gasteiger partial charge in [0.2, 0.25) is 0 Å². The first-order chi connectivity index (χ1) is 27.2. The number of fused-ring (bicyclic) bond motifs is 11. The third-order valence-corrected chi connectivity index (χ3v) is 14.1. The standard InChI is InChI=1S/C54H47N/c1-36-17-5-2-6-18-37-25-26-39(33-47(37)53(36)29-13-3-14-30-53)51-43-21-8-7-20-42(43)50(45-35-55-49-24-12-10-22-44(49)52(45)51)38-27-28-41-40-19-9-11-23-46(40)54(48(41)34-38)31-15-4-16-32-54/h2,5-12,17,19-28,33-35H,1,3-4,13-16,18,29-32H2/b6-2-,17-5-. The van der Waals surface area contributed by atoms with Crippen LogP contribution < -0.4 is 0 Å².